The van der Waals surface area contributed by atoms with Gasteiger partial charge in [0.05, 0.1) is 13.2 Å². The maximum Gasteiger partial charge on any atom is 0.191 e. The first-order valence-electron chi connectivity index (χ1n) is 8.50. The first-order valence-corrected chi connectivity index (χ1v) is 8.50. The van der Waals surface area contributed by atoms with E-state index in [1.807, 2.05) is 13.0 Å². The molecule has 0 aliphatic rings. The summed E-state index contributed by atoms with van der Waals surface area (Å²) >= 11 is 0. The first-order chi connectivity index (χ1) is 11.6. The summed E-state index contributed by atoms with van der Waals surface area (Å²) in [5.74, 6) is 1.25. The lowest BCUT2D eigenvalue weighted by Crippen LogP contribution is -2.38. The SMILES string of the molecule is CCOc1ccc(CNC(=NC)NCCOCCC(C)C)cc1F. The van der Waals surface area contributed by atoms with E-state index in [0.29, 0.717) is 38.2 Å². The van der Waals surface area contributed by atoms with E-state index in [1.165, 1.54) is 6.07 Å². The summed E-state index contributed by atoms with van der Waals surface area (Å²) < 4.78 is 24.5. The van der Waals surface area contributed by atoms with E-state index in [2.05, 4.69) is 29.5 Å². The van der Waals surface area contributed by atoms with Crippen LogP contribution in [-0.2, 0) is 11.3 Å². The van der Waals surface area contributed by atoms with Gasteiger partial charge in [-0.3, -0.25) is 4.99 Å². The molecule has 5 nitrogen and oxygen atoms in total. The summed E-state index contributed by atoms with van der Waals surface area (Å²) in [5.41, 5.74) is 0.826. The number of aliphatic imine (C=N–C) groups is 1. The van der Waals surface area contributed by atoms with Gasteiger partial charge >= 0.3 is 0 Å². The van der Waals surface area contributed by atoms with Crippen LogP contribution in [0.4, 0.5) is 4.39 Å². The van der Waals surface area contributed by atoms with Crippen molar-refractivity contribution in [1.82, 2.24) is 10.6 Å². The molecule has 0 amide bonds. The second-order valence-electron chi connectivity index (χ2n) is 5.85. The molecule has 0 fully saturated rings. The standard InChI is InChI=1S/C18H30FN3O2/c1-5-24-17-7-6-15(12-16(17)19)13-22-18(20-4)21-9-11-23-10-8-14(2)3/h6-7,12,14H,5,8-11,13H2,1-4H3,(H2,20,21,22). The van der Waals surface area contributed by atoms with Crippen molar-refractivity contribution in [3.63, 3.8) is 0 Å². The van der Waals surface area contributed by atoms with Crippen LogP contribution in [0.1, 0.15) is 32.8 Å². The van der Waals surface area contributed by atoms with Crippen LogP contribution < -0.4 is 15.4 Å². The molecule has 0 aromatic heterocycles. The lowest BCUT2D eigenvalue weighted by atomic mass is 10.1. The van der Waals surface area contributed by atoms with Crippen LogP contribution in [0.25, 0.3) is 0 Å². The summed E-state index contributed by atoms with van der Waals surface area (Å²) in [6.45, 7) is 9.20. The van der Waals surface area contributed by atoms with Crippen molar-refractivity contribution < 1.29 is 13.9 Å². The van der Waals surface area contributed by atoms with E-state index in [4.69, 9.17) is 9.47 Å². The molecule has 24 heavy (non-hydrogen) atoms. The van der Waals surface area contributed by atoms with Gasteiger partial charge in [-0.15, -0.1) is 0 Å². The fourth-order valence-corrected chi connectivity index (χ4v) is 2.00. The minimum atomic E-state index is -0.349. The zero-order valence-corrected chi connectivity index (χ0v) is 15.2. The molecule has 0 radical (unpaired) electrons. The molecule has 0 bridgehead atoms. The fraction of sp³-hybridized carbons (Fsp3) is 0.611. The van der Waals surface area contributed by atoms with Crippen molar-refractivity contribution in [1.29, 1.82) is 0 Å². The minimum Gasteiger partial charge on any atom is -0.491 e. The van der Waals surface area contributed by atoms with Crippen molar-refractivity contribution in [3.8, 4) is 5.75 Å². The third kappa shape index (κ3) is 8.15. The molecule has 1 rings (SSSR count). The molecular formula is C18H30FN3O2. The second-order valence-corrected chi connectivity index (χ2v) is 5.85. The molecule has 1 aromatic carbocycles. The lowest BCUT2D eigenvalue weighted by Gasteiger charge is -2.13. The molecule has 2 N–H and O–H groups in total. The molecule has 0 heterocycles. The Hall–Kier alpha value is -1.82. The number of hydrogen-bond donors (Lipinski definition) is 2. The zero-order valence-electron chi connectivity index (χ0n) is 15.2. The van der Waals surface area contributed by atoms with Crippen LogP contribution in [0.2, 0.25) is 0 Å². The van der Waals surface area contributed by atoms with Crippen LogP contribution in [-0.4, -0.2) is 39.4 Å². The smallest absolute Gasteiger partial charge is 0.191 e. The molecular weight excluding hydrogens is 309 g/mol. The van der Waals surface area contributed by atoms with Crippen molar-refractivity contribution >= 4 is 5.96 Å². The van der Waals surface area contributed by atoms with Crippen LogP contribution in [0, 0.1) is 11.7 Å². The van der Waals surface area contributed by atoms with E-state index < -0.39 is 0 Å². The highest BCUT2D eigenvalue weighted by Gasteiger charge is 2.05. The van der Waals surface area contributed by atoms with Gasteiger partial charge in [-0.25, -0.2) is 4.39 Å². The van der Waals surface area contributed by atoms with Gasteiger partial charge in [0.2, 0.25) is 0 Å². The Morgan fingerprint density at radius 1 is 1.25 bits per heavy atom. The molecule has 0 saturated heterocycles. The molecule has 0 aliphatic carbocycles. The van der Waals surface area contributed by atoms with Crippen molar-refractivity contribution in [2.24, 2.45) is 10.9 Å². The average Bonchev–Trinajstić information content (AvgIpc) is 2.55. The van der Waals surface area contributed by atoms with Crippen molar-refractivity contribution in [2.45, 2.75) is 33.7 Å². The summed E-state index contributed by atoms with van der Waals surface area (Å²) in [7, 11) is 1.70. The third-order valence-corrected chi connectivity index (χ3v) is 3.36. The second kappa shape index (κ2) is 11.7. The molecule has 0 saturated carbocycles. The quantitative estimate of drug-likeness (QED) is 0.391. The minimum absolute atomic E-state index is 0.280. The number of halogens is 1. The number of benzene rings is 1. The van der Waals surface area contributed by atoms with Gasteiger partial charge in [-0.1, -0.05) is 19.9 Å². The van der Waals surface area contributed by atoms with Crippen LogP contribution >= 0.6 is 0 Å². The fourth-order valence-electron chi connectivity index (χ4n) is 2.00. The van der Waals surface area contributed by atoms with Gasteiger partial charge in [0.15, 0.2) is 17.5 Å². The van der Waals surface area contributed by atoms with Gasteiger partial charge < -0.3 is 20.1 Å². The Balaban J connectivity index is 2.30. The lowest BCUT2D eigenvalue weighted by molar-refractivity contribution is 0.128. The van der Waals surface area contributed by atoms with E-state index in [9.17, 15) is 4.39 Å². The molecule has 136 valence electrons. The van der Waals surface area contributed by atoms with Crippen molar-refractivity contribution in [2.75, 3.05) is 33.4 Å². The Labute approximate surface area is 144 Å². The Kier molecular flexibility index (Phi) is 9.84. The van der Waals surface area contributed by atoms with Gasteiger partial charge in [0.1, 0.15) is 0 Å². The number of ether oxygens (including phenoxy) is 2. The topological polar surface area (TPSA) is 54.9 Å². The predicted molar refractivity (Wildman–Crippen MR) is 96.0 cm³/mol. The molecule has 0 atom stereocenters. The number of rotatable bonds is 10. The summed E-state index contributed by atoms with van der Waals surface area (Å²) in [4.78, 5) is 4.14. The van der Waals surface area contributed by atoms with Gasteiger partial charge in [-0.2, -0.15) is 0 Å². The van der Waals surface area contributed by atoms with E-state index in [1.54, 1.807) is 13.1 Å². The highest BCUT2D eigenvalue weighted by molar-refractivity contribution is 5.79. The van der Waals surface area contributed by atoms with Crippen LogP contribution in [0.15, 0.2) is 23.2 Å². The van der Waals surface area contributed by atoms with Crippen LogP contribution in [0.5, 0.6) is 5.75 Å². The van der Waals surface area contributed by atoms with E-state index in [0.717, 1.165) is 18.6 Å². The molecule has 0 spiro atoms. The zero-order chi connectivity index (χ0) is 17.8. The predicted octanol–water partition coefficient (Wildman–Crippen LogP) is 2.95. The molecule has 1 aromatic rings. The Morgan fingerprint density at radius 2 is 2.04 bits per heavy atom. The number of nitrogens with zero attached hydrogens (tertiary/aromatic N) is 1. The Bertz CT molecular complexity index is 507. The van der Waals surface area contributed by atoms with E-state index in [-0.39, 0.29) is 11.6 Å². The monoisotopic (exact) mass is 339 g/mol. The third-order valence-electron chi connectivity index (χ3n) is 3.36. The highest BCUT2D eigenvalue weighted by Crippen LogP contribution is 2.18. The molecule has 0 aliphatic heterocycles. The first kappa shape index (κ1) is 20.2. The van der Waals surface area contributed by atoms with E-state index >= 15 is 0 Å². The maximum absolute atomic E-state index is 13.8. The number of nitrogens with one attached hydrogen (secondary N) is 2. The van der Waals surface area contributed by atoms with Gasteiger partial charge in [0.25, 0.3) is 0 Å². The summed E-state index contributed by atoms with van der Waals surface area (Å²) in [6, 6.07) is 4.96. The Morgan fingerprint density at radius 3 is 2.67 bits per heavy atom. The van der Waals surface area contributed by atoms with Crippen molar-refractivity contribution in [3.05, 3.63) is 29.6 Å². The molecule has 0 unspecified atom stereocenters. The molecule has 6 heteroatoms. The maximum atomic E-state index is 13.8. The van der Waals surface area contributed by atoms with Crippen LogP contribution in [0.3, 0.4) is 0 Å². The van der Waals surface area contributed by atoms with Gasteiger partial charge in [0, 0.05) is 26.7 Å². The largest absolute Gasteiger partial charge is 0.491 e. The average molecular weight is 339 g/mol. The number of hydrogen-bond acceptors (Lipinski definition) is 3. The number of guanidine groups is 1. The summed E-state index contributed by atoms with van der Waals surface area (Å²) in [5, 5.41) is 6.32. The highest BCUT2D eigenvalue weighted by atomic mass is 19.1. The normalized spacial score (nSPS) is 11.7. The van der Waals surface area contributed by atoms with Gasteiger partial charge in [-0.05, 0) is 37.0 Å². The summed E-state index contributed by atoms with van der Waals surface area (Å²) in [6.07, 6.45) is 1.07.